The molecule has 0 heterocycles. The molecule has 0 unspecified atom stereocenters. The van der Waals surface area contributed by atoms with Gasteiger partial charge in [0.15, 0.2) is 0 Å². The minimum absolute atomic E-state index is 0.0925. The van der Waals surface area contributed by atoms with Crippen molar-refractivity contribution in [3.8, 4) is 0 Å². The van der Waals surface area contributed by atoms with E-state index in [1.807, 2.05) is 20.8 Å². The summed E-state index contributed by atoms with van der Waals surface area (Å²) in [5.41, 5.74) is -0.399. The van der Waals surface area contributed by atoms with E-state index >= 15 is 0 Å². The summed E-state index contributed by atoms with van der Waals surface area (Å²) in [5.74, 6) is -0.178. The van der Waals surface area contributed by atoms with Crippen LogP contribution in [-0.4, -0.2) is 37.0 Å². The number of rotatable bonds is 6. The molecule has 4 heteroatoms. The summed E-state index contributed by atoms with van der Waals surface area (Å²) < 4.78 is 4.59. The Kier molecular flexibility index (Phi) is 6.85. The van der Waals surface area contributed by atoms with Gasteiger partial charge in [-0.2, -0.15) is 0 Å². The number of nitrogens with zero attached hydrogens (tertiary/aromatic N) is 1. The summed E-state index contributed by atoms with van der Waals surface area (Å²) in [5, 5.41) is 0. The maximum absolute atomic E-state index is 12.1. The second kappa shape index (κ2) is 7.30. The predicted molar refractivity (Wildman–Crippen MR) is 67.6 cm³/mol. The van der Waals surface area contributed by atoms with Crippen LogP contribution in [0.3, 0.4) is 0 Å². The van der Waals surface area contributed by atoms with E-state index in [1.165, 1.54) is 7.11 Å². The number of unbranched alkanes of at least 4 members (excludes halogenated alkanes) is 1. The van der Waals surface area contributed by atoms with Crippen LogP contribution < -0.4 is 0 Å². The topological polar surface area (TPSA) is 46.6 Å². The molecule has 0 spiro atoms. The molecule has 0 aromatic rings. The number of carbonyl (C=O) groups is 2. The molecule has 0 aliphatic heterocycles. The fourth-order valence-electron chi connectivity index (χ4n) is 1.47. The van der Waals surface area contributed by atoms with Crippen molar-refractivity contribution in [1.82, 2.24) is 4.90 Å². The van der Waals surface area contributed by atoms with Gasteiger partial charge < -0.3 is 9.64 Å². The average Bonchev–Trinajstić information content (AvgIpc) is 2.26. The standard InChI is InChI=1S/C13H25NO3/c1-6-7-9-14(10-8-11(15)17-5)12(16)13(2,3)4/h6-10H2,1-5H3. The second-order valence-corrected chi connectivity index (χ2v) is 5.22. The molecule has 0 saturated heterocycles. The van der Waals surface area contributed by atoms with Crippen molar-refractivity contribution in [2.45, 2.75) is 47.0 Å². The largest absolute Gasteiger partial charge is 0.469 e. The van der Waals surface area contributed by atoms with Gasteiger partial charge in [-0.15, -0.1) is 0 Å². The summed E-state index contributed by atoms with van der Waals surface area (Å²) in [6, 6.07) is 0. The molecule has 0 radical (unpaired) electrons. The van der Waals surface area contributed by atoms with Gasteiger partial charge >= 0.3 is 5.97 Å². The van der Waals surface area contributed by atoms with Crippen molar-refractivity contribution in [2.75, 3.05) is 20.2 Å². The van der Waals surface area contributed by atoms with Crippen molar-refractivity contribution < 1.29 is 14.3 Å². The molecular formula is C13H25NO3. The fourth-order valence-corrected chi connectivity index (χ4v) is 1.47. The Bertz CT molecular complexity index is 256. The quantitative estimate of drug-likeness (QED) is 0.672. The summed E-state index contributed by atoms with van der Waals surface area (Å²) in [7, 11) is 1.37. The van der Waals surface area contributed by atoms with Gasteiger partial charge in [-0.25, -0.2) is 0 Å². The van der Waals surface area contributed by atoms with Crippen LogP contribution in [0, 0.1) is 5.41 Å². The summed E-state index contributed by atoms with van der Waals surface area (Å²) in [6.07, 6.45) is 2.26. The molecule has 0 aromatic heterocycles. The van der Waals surface area contributed by atoms with Crippen LogP contribution in [0.4, 0.5) is 0 Å². The Morgan fingerprint density at radius 2 is 1.76 bits per heavy atom. The van der Waals surface area contributed by atoms with E-state index in [1.54, 1.807) is 4.90 Å². The zero-order valence-electron chi connectivity index (χ0n) is 11.7. The van der Waals surface area contributed by atoms with Crippen molar-refractivity contribution in [3.05, 3.63) is 0 Å². The molecule has 0 aromatic carbocycles. The van der Waals surface area contributed by atoms with E-state index in [9.17, 15) is 9.59 Å². The predicted octanol–water partition coefficient (Wildman–Crippen LogP) is 2.22. The maximum Gasteiger partial charge on any atom is 0.307 e. The van der Waals surface area contributed by atoms with Gasteiger partial charge in [0, 0.05) is 18.5 Å². The molecule has 0 bridgehead atoms. The fraction of sp³-hybridized carbons (Fsp3) is 0.846. The minimum Gasteiger partial charge on any atom is -0.469 e. The smallest absolute Gasteiger partial charge is 0.307 e. The number of hydrogen-bond acceptors (Lipinski definition) is 3. The molecule has 0 saturated carbocycles. The van der Waals surface area contributed by atoms with Gasteiger partial charge in [0.05, 0.1) is 13.5 Å². The highest BCUT2D eigenvalue weighted by Crippen LogP contribution is 2.18. The van der Waals surface area contributed by atoms with Crippen molar-refractivity contribution in [1.29, 1.82) is 0 Å². The van der Waals surface area contributed by atoms with Crippen LogP contribution in [0.1, 0.15) is 47.0 Å². The zero-order valence-corrected chi connectivity index (χ0v) is 11.7. The van der Waals surface area contributed by atoms with Crippen LogP contribution in [0.5, 0.6) is 0 Å². The van der Waals surface area contributed by atoms with E-state index in [0.717, 1.165) is 12.8 Å². The monoisotopic (exact) mass is 243 g/mol. The van der Waals surface area contributed by atoms with Gasteiger partial charge in [-0.1, -0.05) is 34.1 Å². The summed E-state index contributed by atoms with van der Waals surface area (Å²) in [4.78, 5) is 25.0. The maximum atomic E-state index is 12.1. The lowest BCUT2D eigenvalue weighted by Crippen LogP contribution is -2.41. The third kappa shape index (κ3) is 6.29. The second-order valence-electron chi connectivity index (χ2n) is 5.22. The number of methoxy groups -OCH3 is 1. The van der Waals surface area contributed by atoms with Crippen LogP contribution in [0.25, 0.3) is 0 Å². The van der Waals surface area contributed by atoms with Crippen LogP contribution in [0.15, 0.2) is 0 Å². The van der Waals surface area contributed by atoms with E-state index < -0.39 is 5.41 Å². The molecule has 4 nitrogen and oxygen atoms in total. The summed E-state index contributed by atoms with van der Waals surface area (Å²) in [6.45, 7) is 8.93. The lowest BCUT2D eigenvalue weighted by Gasteiger charge is -2.29. The molecule has 0 rings (SSSR count). The number of carbonyl (C=O) groups excluding carboxylic acids is 2. The van der Waals surface area contributed by atoms with E-state index in [4.69, 9.17) is 0 Å². The minimum atomic E-state index is -0.399. The van der Waals surface area contributed by atoms with E-state index in [-0.39, 0.29) is 18.3 Å². The number of amides is 1. The lowest BCUT2D eigenvalue weighted by molar-refractivity contribution is -0.143. The number of hydrogen-bond donors (Lipinski definition) is 0. The first-order chi connectivity index (χ1) is 7.82. The average molecular weight is 243 g/mol. The Balaban J connectivity index is 4.42. The third-order valence-corrected chi connectivity index (χ3v) is 2.52. The van der Waals surface area contributed by atoms with Gasteiger partial charge in [0.1, 0.15) is 0 Å². The highest BCUT2D eigenvalue weighted by Gasteiger charge is 2.27. The normalized spacial score (nSPS) is 11.1. The Labute approximate surface area is 104 Å². The first-order valence-electron chi connectivity index (χ1n) is 6.19. The molecule has 0 fully saturated rings. The number of esters is 1. The molecular weight excluding hydrogens is 218 g/mol. The zero-order chi connectivity index (χ0) is 13.5. The third-order valence-electron chi connectivity index (χ3n) is 2.52. The van der Waals surface area contributed by atoms with Crippen molar-refractivity contribution in [3.63, 3.8) is 0 Å². The van der Waals surface area contributed by atoms with Gasteiger partial charge in [-0.05, 0) is 6.42 Å². The number of ether oxygens (including phenoxy) is 1. The SMILES string of the molecule is CCCCN(CCC(=O)OC)C(=O)C(C)(C)C. The van der Waals surface area contributed by atoms with Gasteiger partial charge in [0.25, 0.3) is 0 Å². The first kappa shape index (κ1) is 15.9. The van der Waals surface area contributed by atoms with Gasteiger partial charge in [0.2, 0.25) is 5.91 Å². The van der Waals surface area contributed by atoms with Crippen molar-refractivity contribution >= 4 is 11.9 Å². The van der Waals surface area contributed by atoms with Crippen LogP contribution >= 0.6 is 0 Å². The van der Waals surface area contributed by atoms with E-state index in [0.29, 0.717) is 13.1 Å². The molecule has 1 amide bonds. The summed E-state index contributed by atoms with van der Waals surface area (Å²) >= 11 is 0. The first-order valence-corrected chi connectivity index (χ1v) is 6.19. The van der Waals surface area contributed by atoms with Crippen LogP contribution in [0.2, 0.25) is 0 Å². The highest BCUT2D eigenvalue weighted by molar-refractivity contribution is 5.82. The molecule has 17 heavy (non-hydrogen) atoms. The van der Waals surface area contributed by atoms with E-state index in [2.05, 4.69) is 11.7 Å². The molecule has 0 aliphatic carbocycles. The highest BCUT2D eigenvalue weighted by atomic mass is 16.5. The molecule has 0 N–H and O–H groups in total. The molecule has 0 aliphatic rings. The Morgan fingerprint density at radius 3 is 2.18 bits per heavy atom. The van der Waals surface area contributed by atoms with Crippen LogP contribution in [-0.2, 0) is 14.3 Å². The molecule has 100 valence electrons. The lowest BCUT2D eigenvalue weighted by atomic mass is 9.94. The Hall–Kier alpha value is -1.06. The van der Waals surface area contributed by atoms with Crippen molar-refractivity contribution in [2.24, 2.45) is 5.41 Å². The Morgan fingerprint density at radius 1 is 1.18 bits per heavy atom. The molecule has 0 atom stereocenters. The van der Waals surface area contributed by atoms with Gasteiger partial charge in [-0.3, -0.25) is 9.59 Å².